The molecule has 0 bridgehead atoms. The average Bonchev–Trinajstić information content (AvgIpc) is 2.80. The first-order valence-electron chi connectivity index (χ1n) is 12.7. The van der Waals surface area contributed by atoms with E-state index in [2.05, 4.69) is 11.4 Å². The Hall–Kier alpha value is -1.44. The van der Waals surface area contributed by atoms with Crippen molar-refractivity contribution >= 4 is 13.7 Å². The molecule has 0 saturated heterocycles. The van der Waals surface area contributed by atoms with Crippen LogP contribution in [0.15, 0.2) is 24.3 Å². The molecule has 1 aromatic rings. The molecule has 0 fully saturated rings. The highest BCUT2D eigenvalue weighted by Crippen LogP contribution is 2.35. The maximum atomic E-state index is 12.7. The van der Waals surface area contributed by atoms with Gasteiger partial charge in [0.2, 0.25) is 5.91 Å². The van der Waals surface area contributed by atoms with E-state index in [0.717, 1.165) is 17.7 Å². The van der Waals surface area contributed by atoms with Crippen molar-refractivity contribution < 1.29 is 33.5 Å². The molecule has 0 aromatic heterocycles. The van der Waals surface area contributed by atoms with Crippen molar-refractivity contribution in [2.45, 2.75) is 84.0 Å². The number of phosphoric ester groups is 1. The molecule has 1 rings (SSSR count). The minimum atomic E-state index is -4.57. The van der Waals surface area contributed by atoms with Crippen molar-refractivity contribution in [3.8, 4) is 5.75 Å². The molecule has 0 atom stereocenters. The van der Waals surface area contributed by atoms with E-state index < -0.39 is 7.82 Å². The number of carbonyl (C=O) groups excluding carboxylic acids is 1. The Morgan fingerprint density at radius 1 is 0.941 bits per heavy atom. The van der Waals surface area contributed by atoms with Crippen molar-refractivity contribution in [1.29, 1.82) is 0 Å². The third kappa shape index (κ3) is 16.2. The van der Waals surface area contributed by atoms with Gasteiger partial charge in [-0.3, -0.25) is 9.32 Å². The predicted octanol–water partition coefficient (Wildman–Crippen LogP) is 4.85. The minimum Gasteiger partial charge on any atom is -0.494 e. The lowest BCUT2D eigenvalue weighted by Crippen LogP contribution is -2.35. The van der Waals surface area contributed by atoms with Gasteiger partial charge in [0.05, 0.1) is 13.2 Å². The molecule has 8 nitrogen and oxygen atoms in total. The van der Waals surface area contributed by atoms with Crippen LogP contribution in [-0.4, -0.2) is 58.6 Å². The lowest BCUT2D eigenvalue weighted by molar-refractivity contribution is -0.131. The van der Waals surface area contributed by atoms with Crippen LogP contribution in [0.4, 0.5) is 0 Å². The zero-order valence-corrected chi connectivity index (χ0v) is 21.6. The summed E-state index contributed by atoms with van der Waals surface area (Å²) in [6.45, 7) is 3.22. The molecule has 0 saturated carbocycles. The second kappa shape index (κ2) is 18.8. The first-order chi connectivity index (χ1) is 16.4. The number of hydrogen-bond acceptors (Lipinski definition) is 5. The van der Waals surface area contributed by atoms with Crippen LogP contribution in [0, 0.1) is 0 Å². The predicted molar refractivity (Wildman–Crippen MR) is 134 cm³/mol. The molecule has 0 aliphatic carbocycles. The molecule has 196 valence electrons. The molecule has 0 aliphatic rings. The second-order valence-electron chi connectivity index (χ2n) is 8.61. The number of benzene rings is 1. The molecule has 0 spiro atoms. The van der Waals surface area contributed by atoms with E-state index >= 15 is 0 Å². The standard InChI is InChI=1S/C25H44NO7P/c1-2-3-4-5-6-7-8-11-20-32-24-14-12-13-23(22-24)15-16-25(28)26(17-9-10-19-27)18-21-33-34(29,30)31/h12-14,22,27H,2-11,15-21H2,1H3,(H2,29,30,31). The van der Waals surface area contributed by atoms with Crippen LogP contribution in [0.1, 0.15) is 83.1 Å². The fourth-order valence-corrected chi connectivity index (χ4v) is 3.99. The molecule has 3 N–H and O–H groups in total. The summed E-state index contributed by atoms with van der Waals surface area (Å²) in [4.78, 5) is 31.9. The zero-order chi connectivity index (χ0) is 25.1. The summed E-state index contributed by atoms with van der Waals surface area (Å²) in [6, 6.07) is 7.78. The number of aryl methyl sites for hydroxylation is 1. The Balaban J connectivity index is 2.39. The molecule has 1 aromatic carbocycles. The molecule has 34 heavy (non-hydrogen) atoms. The molecule has 0 aliphatic heterocycles. The van der Waals surface area contributed by atoms with Gasteiger partial charge in [-0.1, -0.05) is 64.0 Å². The average molecular weight is 502 g/mol. The molecular weight excluding hydrogens is 457 g/mol. The molecular formula is C25H44NO7P. The van der Waals surface area contributed by atoms with Gasteiger partial charge in [0, 0.05) is 26.1 Å². The van der Waals surface area contributed by atoms with Gasteiger partial charge in [-0.15, -0.1) is 0 Å². The fraction of sp³-hybridized carbons (Fsp3) is 0.720. The number of nitrogens with zero attached hydrogens (tertiary/aromatic N) is 1. The maximum absolute atomic E-state index is 12.7. The van der Waals surface area contributed by atoms with Gasteiger partial charge >= 0.3 is 7.82 Å². The Morgan fingerprint density at radius 2 is 1.65 bits per heavy atom. The molecule has 9 heteroatoms. The summed E-state index contributed by atoms with van der Waals surface area (Å²) in [5.74, 6) is 0.695. The number of carbonyl (C=O) groups is 1. The summed E-state index contributed by atoms with van der Waals surface area (Å²) in [5, 5.41) is 8.98. The summed E-state index contributed by atoms with van der Waals surface area (Å²) in [6.07, 6.45) is 12.0. The van der Waals surface area contributed by atoms with E-state index in [1.807, 2.05) is 24.3 Å². The quantitative estimate of drug-likeness (QED) is 0.163. The highest BCUT2D eigenvalue weighted by molar-refractivity contribution is 7.46. The van der Waals surface area contributed by atoms with Crippen molar-refractivity contribution in [2.24, 2.45) is 0 Å². The summed E-state index contributed by atoms with van der Waals surface area (Å²) in [7, 11) is -4.57. The van der Waals surface area contributed by atoms with Crippen molar-refractivity contribution in [2.75, 3.05) is 32.9 Å². The van der Waals surface area contributed by atoms with Crippen LogP contribution in [0.3, 0.4) is 0 Å². The van der Waals surface area contributed by atoms with Gasteiger partial charge in [0.1, 0.15) is 5.75 Å². The Bertz CT molecular complexity index is 710. The number of amides is 1. The van der Waals surface area contributed by atoms with Crippen LogP contribution in [0.25, 0.3) is 0 Å². The van der Waals surface area contributed by atoms with Gasteiger partial charge in [-0.25, -0.2) is 4.57 Å². The van der Waals surface area contributed by atoms with Gasteiger partial charge < -0.3 is 24.5 Å². The third-order valence-electron chi connectivity index (χ3n) is 5.60. The largest absolute Gasteiger partial charge is 0.494 e. The molecule has 0 unspecified atom stereocenters. The number of aliphatic hydroxyl groups excluding tert-OH is 1. The van der Waals surface area contributed by atoms with Crippen molar-refractivity contribution in [3.05, 3.63) is 29.8 Å². The molecule has 0 heterocycles. The monoisotopic (exact) mass is 501 g/mol. The molecule has 0 radical (unpaired) electrons. The smallest absolute Gasteiger partial charge is 0.469 e. The number of hydrogen-bond donors (Lipinski definition) is 3. The van der Waals surface area contributed by atoms with Crippen LogP contribution in [0.5, 0.6) is 5.75 Å². The van der Waals surface area contributed by atoms with Crippen molar-refractivity contribution in [1.82, 2.24) is 4.90 Å². The second-order valence-corrected chi connectivity index (χ2v) is 9.85. The molecule has 1 amide bonds. The van der Waals surface area contributed by atoms with Crippen molar-refractivity contribution in [3.63, 3.8) is 0 Å². The zero-order valence-electron chi connectivity index (χ0n) is 20.7. The SMILES string of the molecule is CCCCCCCCCCOc1cccc(CCC(=O)N(CCCCO)CCOP(=O)(O)O)c1. The topological polar surface area (TPSA) is 117 Å². The normalized spacial score (nSPS) is 11.5. The Morgan fingerprint density at radius 3 is 2.32 bits per heavy atom. The van der Waals surface area contributed by atoms with E-state index in [-0.39, 0.29) is 32.1 Å². The lowest BCUT2D eigenvalue weighted by Gasteiger charge is -2.23. The number of unbranched alkanes of at least 4 members (excludes halogenated alkanes) is 8. The summed E-state index contributed by atoms with van der Waals surface area (Å²) < 4.78 is 21.3. The lowest BCUT2D eigenvalue weighted by atomic mass is 10.1. The highest BCUT2D eigenvalue weighted by Gasteiger charge is 2.17. The Labute approximate surface area is 204 Å². The van der Waals surface area contributed by atoms with E-state index in [1.54, 1.807) is 0 Å². The summed E-state index contributed by atoms with van der Waals surface area (Å²) >= 11 is 0. The fourth-order valence-electron chi connectivity index (χ4n) is 3.67. The van der Waals surface area contributed by atoms with Gasteiger partial charge in [-0.2, -0.15) is 0 Å². The Kier molecular flexibility index (Phi) is 16.9. The first-order valence-corrected chi connectivity index (χ1v) is 14.2. The highest BCUT2D eigenvalue weighted by atomic mass is 31.2. The minimum absolute atomic E-state index is 0.0345. The first kappa shape index (κ1) is 30.6. The number of aliphatic hydroxyl groups is 1. The van der Waals surface area contributed by atoms with Crippen LogP contribution >= 0.6 is 7.82 Å². The number of rotatable bonds is 21. The van der Waals surface area contributed by atoms with Crippen LogP contribution < -0.4 is 4.74 Å². The van der Waals surface area contributed by atoms with E-state index in [4.69, 9.17) is 19.6 Å². The third-order valence-corrected chi connectivity index (χ3v) is 6.12. The van der Waals surface area contributed by atoms with Gasteiger partial charge in [0.25, 0.3) is 0 Å². The van der Waals surface area contributed by atoms with Gasteiger partial charge in [0.15, 0.2) is 0 Å². The van der Waals surface area contributed by atoms with E-state index in [0.29, 0.717) is 32.4 Å². The van der Waals surface area contributed by atoms with E-state index in [9.17, 15) is 9.36 Å². The summed E-state index contributed by atoms with van der Waals surface area (Å²) in [5.41, 5.74) is 1.00. The van der Waals surface area contributed by atoms with E-state index in [1.165, 1.54) is 49.8 Å². The maximum Gasteiger partial charge on any atom is 0.469 e. The van der Waals surface area contributed by atoms with Gasteiger partial charge in [-0.05, 0) is 43.4 Å². The number of ether oxygens (including phenoxy) is 1. The van der Waals surface area contributed by atoms with Crippen LogP contribution in [-0.2, 0) is 20.3 Å². The number of phosphoric acid groups is 1. The van der Waals surface area contributed by atoms with Crippen LogP contribution in [0.2, 0.25) is 0 Å².